The van der Waals surface area contributed by atoms with Crippen LogP contribution >= 0.6 is 11.5 Å². The highest BCUT2D eigenvalue weighted by molar-refractivity contribution is 6.92. The summed E-state index contributed by atoms with van der Waals surface area (Å²) in [6.45, 7) is 6.98. The van der Waals surface area contributed by atoms with E-state index in [0.717, 1.165) is 13.1 Å². The maximum atomic E-state index is 5.49. The quantitative estimate of drug-likeness (QED) is 0.498. The molecule has 3 heteroatoms. The molecule has 0 aromatic rings. The largest absolute Gasteiger partial charge is 0.332 e. The van der Waals surface area contributed by atoms with Gasteiger partial charge in [-0.25, -0.2) is 0 Å². The van der Waals surface area contributed by atoms with Gasteiger partial charge in [-0.1, -0.05) is 13.8 Å². The van der Waals surface area contributed by atoms with Crippen molar-refractivity contribution in [3.8, 4) is 0 Å². The van der Waals surface area contributed by atoms with Crippen molar-refractivity contribution in [3.05, 3.63) is 0 Å². The SMILES string of the molecule is CCN(BCl)CC. The zero-order valence-electron chi connectivity index (χ0n) is 4.95. The number of hydrogen-bond acceptors (Lipinski definition) is 1. The van der Waals surface area contributed by atoms with Crippen molar-refractivity contribution >= 4 is 18.3 Å². The zero-order chi connectivity index (χ0) is 5.70. The molecule has 0 aliphatic carbocycles. The minimum Gasteiger partial charge on any atom is -0.332 e. The number of rotatable bonds is 3. The van der Waals surface area contributed by atoms with E-state index in [1.807, 2.05) is 0 Å². The van der Waals surface area contributed by atoms with E-state index in [4.69, 9.17) is 11.5 Å². The molecule has 0 spiro atoms. The lowest BCUT2D eigenvalue weighted by atomic mass is 10.3. The van der Waals surface area contributed by atoms with Gasteiger partial charge in [-0.2, -0.15) is 11.5 Å². The Labute approximate surface area is 50.8 Å². The molecule has 0 unspecified atom stereocenters. The van der Waals surface area contributed by atoms with Crippen LogP contribution in [0.5, 0.6) is 0 Å². The molecule has 0 saturated heterocycles. The molecule has 0 saturated carbocycles. The molecule has 0 aliphatic rings. The van der Waals surface area contributed by atoms with Crippen LogP contribution < -0.4 is 0 Å². The fraction of sp³-hybridized carbons (Fsp3) is 1.00. The molecule has 0 aromatic heterocycles. The van der Waals surface area contributed by atoms with Crippen LogP contribution in [-0.4, -0.2) is 24.7 Å². The molecule has 0 N–H and O–H groups in total. The molecular formula is C4H11BClN. The smallest absolute Gasteiger partial charge is 0.313 e. The van der Waals surface area contributed by atoms with Crippen molar-refractivity contribution in [2.45, 2.75) is 13.8 Å². The average Bonchev–Trinajstić information content (AvgIpc) is 1.72. The fourth-order valence-corrected chi connectivity index (χ4v) is 0.731. The molecule has 0 aliphatic heterocycles. The van der Waals surface area contributed by atoms with Crippen LogP contribution in [0.2, 0.25) is 0 Å². The van der Waals surface area contributed by atoms with Crippen LogP contribution in [0.25, 0.3) is 0 Å². The molecule has 0 fully saturated rings. The van der Waals surface area contributed by atoms with E-state index in [2.05, 4.69) is 18.7 Å². The van der Waals surface area contributed by atoms with E-state index < -0.39 is 0 Å². The van der Waals surface area contributed by atoms with Crippen molar-refractivity contribution in [2.24, 2.45) is 0 Å². The lowest BCUT2D eigenvalue weighted by molar-refractivity contribution is 0.502. The molecular weight excluding hydrogens is 108 g/mol. The van der Waals surface area contributed by atoms with Crippen molar-refractivity contribution < 1.29 is 0 Å². The van der Waals surface area contributed by atoms with Crippen LogP contribution in [0.15, 0.2) is 0 Å². The molecule has 42 valence electrons. The third kappa shape index (κ3) is 2.95. The summed E-state index contributed by atoms with van der Waals surface area (Å²) in [7, 11) is 0. The average molecular weight is 119 g/mol. The van der Waals surface area contributed by atoms with Gasteiger partial charge in [0.2, 0.25) is 0 Å². The molecule has 0 rings (SSSR count). The van der Waals surface area contributed by atoms with Gasteiger partial charge in [0.25, 0.3) is 0 Å². The fourth-order valence-electron chi connectivity index (χ4n) is 0.393. The zero-order valence-corrected chi connectivity index (χ0v) is 5.70. The highest BCUT2D eigenvalue weighted by Gasteiger charge is 1.93. The lowest BCUT2D eigenvalue weighted by Gasteiger charge is -2.10. The van der Waals surface area contributed by atoms with Gasteiger partial charge in [-0.05, 0) is 13.1 Å². The minimum atomic E-state index is 0.660. The Kier molecular flexibility index (Phi) is 4.67. The second-order valence-electron chi connectivity index (χ2n) is 1.42. The standard InChI is InChI=1S/C4H11BClN/c1-3-7(4-2)5-6/h5H,3-4H2,1-2H3. The second-order valence-corrected chi connectivity index (χ2v) is 1.66. The van der Waals surface area contributed by atoms with Gasteiger partial charge in [0.05, 0.1) is 0 Å². The van der Waals surface area contributed by atoms with Gasteiger partial charge in [-0.15, -0.1) is 0 Å². The summed E-state index contributed by atoms with van der Waals surface area (Å²) in [5.74, 6) is 0. The molecule has 0 amide bonds. The molecule has 0 heterocycles. The molecule has 0 radical (unpaired) electrons. The topological polar surface area (TPSA) is 3.24 Å². The normalized spacial score (nSPS) is 9.71. The summed E-state index contributed by atoms with van der Waals surface area (Å²) < 4.78 is 0. The number of halogens is 1. The predicted octanol–water partition coefficient (Wildman–Crippen LogP) is 0.833. The van der Waals surface area contributed by atoms with Crippen molar-refractivity contribution in [1.82, 2.24) is 4.81 Å². The van der Waals surface area contributed by atoms with Crippen LogP contribution in [0.4, 0.5) is 0 Å². The highest BCUT2D eigenvalue weighted by atomic mass is 35.5. The number of hydrogen-bond donors (Lipinski definition) is 0. The Balaban J connectivity index is 2.99. The first-order valence-electron chi connectivity index (χ1n) is 2.63. The van der Waals surface area contributed by atoms with Gasteiger partial charge >= 0.3 is 6.83 Å². The van der Waals surface area contributed by atoms with E-state index in [-0.39, 0.29) is 0 Å². The van der Waals surface area contributed by atoms with E-state index in [1.165, 1.54) is 0 Å². The van der Waals surface area contributed by atoms with Gasteiger partial charge < -0.3 is 4.81 Å². The summed E-state index contributed by atoms with van der Waals surface area (Å²) in [6.07, 6.45) is 0. The van der Waals surface area contributed by atoms with E-state index in [0.29, 0.717) is 6.83 Å². The summed E-state index contributed by atoms with van der Waals surface area (Å²) in [5.41, 5.74) is 0. The Bertz CT molecular complexity index is 33.2. The minimum absolute atomic E-state index is 0.660. The highest BCUT2D eigenvalue weighted by Crippen LogP contribution is 1.83. The third-order valence-corrected chi connectivity index (χ3v) is 1.40. The molecule has 0 bridgehead atoms. The van der Waals surface area contributed by atoms with E-state index in [1.54, 1.807) is 0 Å². The Morgan fingerprint density at radius 2 is 1.86 bits per heavy atom. The molecule has 0 aromatic carbocycles. The maximum Gasteiger partial charge on any atom is 0.313 e. The summed E-state index contributed by atoms with van der Waals surface area (Å²) in [6, 6.07) is 0. The summed E-state index contributed by atoms with van der Waals surface area (Å²) in [5, 5.41) is 0. The molecule has 0 atom stereocenters. The van der Waals surface area contributed by atoms with Crippen molar-refractivity contribution in [2.75, 3.05) is 13.1 Å². The Morgan fingerprint density at radius 3 is 1.86 bits per heavy atom. The van der Waals surface area contributed by atoms with Crippen LogP contribution in [0, 0.1) is 0 Å². The summed E-state index contributed by atoms with van der Waals surface area (Å²) in [4.78, 5) is 2.14. The van der Waals surface area contributed by atoms with E-state index in [9.17, 15) is 0 Å². The molecule has 1 nitrogen and oxygen atoms in total. The van der Waals surface area contributed by atoms with Gasteiger partial charge in [0, 0.05) is 0 Å². The van der Waals surface area contributed by atoms with Crippen LogP contribution in [-0.2, 0) is 0 Å². The monoisotopic (exact) mass is 119 g/mol. The van der Waals surface area contributed by atoms with Crippen LogP contribution in [0.3, 0.4) is 0 Å². The van der Waals surface area contributed by atoms with Gasteiger partial charge in [0.1, 0.15) is 0 Å². The second kappa shape index (κ2) is 4.47. The third-order valence-electron chi connectivity index (χ3n) is 1.06. The van der Waals surface area contributed by atoms with E-state index >= 15 is 0 Å². The number of nitrogens with zero attached hydrogens (tertiary/aromatic N) is 1. The summed E-state index contributed by atoms with van der Waals surface area (Å²) >= 11 is 5.49. The predicted molar refractivity (Wildman–Crippen MR) is 35.9 cm³/mol. The first kappa shape index (κ1) is 7.31. The Morgan fingerprint density at radius 1 is 1.43 bits per heavy atom. The van der Waals surface area contributed by atoms with Gasteiger partial charge in [-0.3, -0.25) is 0 Å². The lowest BCUT2D eigenvalue weighted by Crippen LogP contribution is -2.23. The first-order valence-corrected chi connectivity index (χ1v) is 3.16. The van der Waals surface area contributed by atoms with Crippen molar-refractivity contribution in [1.29, 1.82) is 0 Å². The van der Waals surface area contributed by atoms with Gasteiger partial charge in [0.15, 0.2) is 0 Å². The van der Waals surface area contributed by atoms with Crippen LogP contribution in [0.1, 0.15) is 13.8 Å². The van der Waals surface area contributed by atoms with Crippen molar-refractivity contribution in [3.63, 3.8) is 0 Å². The Hall–Kier alpha value is 0.315. The maximum absolute atomic E-state index is 5.49. The first-order chi connectivity index (χ1) is 3.35. The molecule has 7 heavy (non-hydrogen) atoms.